The van der Waals surface area contributed by atoms with E-state index in [0.717, 1.165) is 12.8 Å². The van der Waals surface area contributed by atoms with Crippen LogP contribution in [0.3, 0.4) is 0 Å². The van der Waals surface area contributed by atoms with Crippen LogP contribution in [0.25, 0.3) is 0 Å². The summed E-state index contributed by atoms with van der Waals surface area (Å²) in [6.45, 7) is 9.08. The van der Waals surface area contributed by atoms with Crippen LogP contribution < -0.4 is 0 Å². The minimum Gasteiger partial charge on any atom is -0.480 e. The Bertz CT molecular complexity index is 179. The predicted molar refractivity (Wildman–Crippen MR) is 55.7 cm³/mol. The van der Waals surface area contributed by atoms with Crippen molar-refractivity contribution in [3.05, 3.63) is 25.3 Å². The van der Waals surface area contributed by atoms with Crippen LogP contribution in [0.15, 0.2) is 25.3 Å². The van der Waals surface area contributed by atoms with Crippen molar-refractivity contribution in [1.29, 1.82) is 0 Å². The van der Waals surface area contributed by atoms with Gasteiger partial charge in [-0.05, 0) is 6.42 Å². The molecule has 4 radical (unpaired) electrons. The van der Waals surface area contributed by atoms with E-state index in [4.69, 9.17) is 5.11 Å². The Balaban J connectivity index is 0. The predicted octanol–water partition coefficient (Wildman–Crippen LogP) is 2.24. The molecule has 0 aliphatic carbocycles. The summed E-state index contributed by atoms with van der Waals surface area (Å²) in [5.74, 6) is -0.860. The molecule has 0 saturated heterocycles. The first-order chi connectivity index (χ1) is 5.63. The molecule has 0 unspecified atom stereocenters. The number of rotatable bonds is 6. The van der Waals surface area contributed by atoms with Gasteiger partial charge in [-0.3, -0.25) is 4.79 Å². The first-order valence-corrected chi connectivity index (χ1v) is 4.13. The Morgan fingerprint density at radius 2 is 1.92 bits per heavy atom. The van der Waals surface area contributed by atoms with Gasteiger partial charge in [-0.1, -0.05) is 31.9 Å². The van der Waals surface area contributed by atoms with Crippen LogP contribution >= 0.6 is 0 Å². The Kier molecular flexibility index (Phi) is 8.41. The van der Waals surface area contributed by atoms with Gasteiger partial charge in [0, 0.05) is 23.9 Å². The first-order valence-electron chi connectivity index (χ1n) is 4.13. The van der Waals surface area contributed by atoms with Crippen molar-refractivity contribution in [3.63, 3.8) is 0 Å². The second-order valence-electron chi connectivity index (χ2n) is 2.86. The first kappa shape index (κ1) is 15.2. The van der Waals surface area contributed by atoms with Crippen molar-refractivity contribution in [3.8, 4) is 0 Å². The molecule has 0 saturated carbocycles. The Morgan fingerprint density at radius 3 is 2.15 bits per heavy atom. The standard InChI is InChI=1S/C10H16O2.Sn/c1-4-7-8-10(5-2,6-3)9(11)12;/h5-6H,2-4,7-8H2,1H3,(H,11,12);. The molecule has 0 aromatic rings. The van der Waals surface area contributed by atoms with E-state index < -0.39 is 11.4 Å². The van der Waals surface area contributed by atoms with Crippen LogP contribution in [0.5, 0.6) is 0 Å². The molecule has 0 spiro atoms. The second kappa shape index (κ2) is 7.18. The summed E-state index contributed by atoms with van der Waals surface area (Å²) in [5, 5.41) is 8.91. The van der Waals surface area contributed by atoms with Gasteiger partial charge in [0.15, 0.2) is 0 Å². The number of aliphatic carboxylic acids is 1. The molecule has 0 aromatic carbocycles. The maximum absolute atomic E-state index is 10.8. The molecule has 0 rings (SSSR count). The Morgan fingerprint density at radius 1 is 1.46 bits per heavy atom. The molecular formula is C10H16O2Sn. The molecular weight excluding hydrogens is 271 g/mol. The van der Waals surface area contributed by atoms with E-state index in [1.165, 1.54) is 12.2 Å². The fourth-order valence-electron chi connectivity index (χ4n) is 1.04. The van der Waals surface area contributed by atoms with Crippen molar-refractivity contribution in [1.82, 2.24) is 0 Å². The quantitative estimate of drug-likeness (QED) is 0.601. The van der Waals surface area contributed by atoms with Gasteiger partial charge in [-0.2, -0.15) is 0 Å². The van der Waals surface area contributed by atoms with Crippen LogP contribution in [-0.4, -0.2) is 35.0 Å². The third-order valence-electron chi connectivity index (χ3n) is 2.07. The van der Waals surface area contributed by atoms with Gasteiger partial charge in [-0.25, -0.2) is 0 Å². The van der Waals surface area contributed by atoms with E-state index in [2.05, 4.69) is 13.2 Å². The van der Waals surface area contributed by atoms with E-state index in [-0.39, 0.29) is 23.9 Å². The van der Waals surface area contributed by atoms with Crippen molar-refractivity contribution in [2.45, 2.75) is 26.2 Å². The number of carbonyl (C=O) groups is 1. The van der Waals surface area contributed by atoms with E-state index >= 15 is 0 Å². The SMILES string of the molecule is C=CC(C=C)(CCCC)C(=O)O.[Sn]. The van der Waals surface area contributed by atoms with E-state index in [9.17, 15) is 4.79 Å². The number of hydrogen-bond donors (Lipinski definition) is 1. The second-order valence-corrected chi connectivity index (χ2v) is 2.86. The topological polar surface area (TPSA) is 37.3 Å². The van der Waals surface area contributed by atoms with Crippen molar-refractivity contribution >= 4 is 29.9 Å². The fourth-order valence-corrected chi connectivity index (χ4v) is 1.04. The van der Waals surface area contributed by atoms with Crippen LogP contribution in [0.2, 0.25) is 0 Å². The van der Waals surface area contributed by atoms with Crippen molar-refractivity contribution in [2.75, 3.05) is 0 Å². The average molecular weight is 287 g/mol. The molecule has 3 heteroatoms. The Labute approximate surface area is 96.7 Å². The number of hydrogen-bond acceptors (Lipinski definition) is 1. The maximum atomic E-state index is 10.8. The molecule has 1 N–H and O–H groups in total. The summed E-state index contributed by atoms with van der Waals surface area (Å²) in [6, 6.07) is 0. The van der Waals surface area contributed by atoms with Crippen LogP contribution in [0, 0.1) is 5.41 Å². The third kappa shape index (κ3) is 3.98. The minimum atomic E-state index is -0.921. The monoisotopic (exact) mass is 288 g/mol. The third-order valence-corrected chi connectivity index (χ3v) is 2.07. The van der Waals surface area contributed by atoms with Gasteiger partial charge >= 0.3 is 5.97 Å². The van der Waals surface area contributed by atoms with E-state index in [1.807, 2.05) is 6.92 Å². The summed E-state index contributed by atoms with van der Waals surface area (Å²) < 4.78 is 0. The van der Waals surface area contributed by atoms with Gasteiger partial charge in [-0.15, -0.1) is 13.2 Å². The summed E-state index contributed by atoms with van der Waals surface area (Å²) in [4.78, 5) is 10.8. The number of carboxylic acid groups (broad SMARTS) is 1. The number of carboxylic acids is 1. The van der Waals surface area contributed by atoms with Crippen LogP contribution in [-0.2, 0) is 4.79 Å². The Hall–Kier alpha value is -0.251. The summed E-state index contributed by atoms with van der Waals surface area (Å²) in [7, 11) is 0. The zero-order valence-corrected chi connectivity index (χ0v) is 10.9. The summed E-state index contributed by atoms with van der Waals surface area (Å²) in [6.07, 6.45) is 5.36. The molecule has 0 atom stereocenters. The summed E-state index contributed by atoms with van der Waals surface area (Å²) in [5.41, 5.74) is -0.921. The maximum Gasteiger partial charge on any atom is 0.317 e. The molecule has 72 valence electrons. The molecule has 2 nitrogen and oxygen atoms in total. The van der Waals surface area contributed by atoms with E-state index in [0.29, 0.717) is 6.42 Å². The molecule has 0 fully saturated rings. The van der Waals surface area contributed by atoms with Crippen molar-refractivity contribution < 1.29 is 9.90 Å². The molecule has 0 bridgehead atoms. The molecule has 0 aromatic heterocycles. The van der Waals surface area contributed by atoms with E-state index in [1.54, 1.807) is 0 Å². The van der Waals surface area contributed by atoms with Gasteiger partial charge in [0.25, 0.3) is 0 Å². The largest absolute Gasteiger partial charge is 0.480 e. The fraction of sp³-hybridized carbons (Fsp3) is 0.500. The normalized spacial score (nSPS) is 9.92. The minimum absolute atomic E-state index is 0. The molecule has 0 amide bonds. The number of unbranched alkanes of at least 4 members (excludes halogenated alkanes) is 1. The van der Waals surface area contributed by atoms with Crippen molar-refractivity contribution in [2.24, 2.45) is 5.41 Å². The van der Waals surface area contributed by atoms with Crippen LogP contribution in [0.1, 0.15) is 26.2 Å². The molecule has 0 heterocycles. The van der Waals surface area contributed by atoms with Gasteiger partial charge in [0.05, 0.1) is 0 Å². The van der Waals surface area contributed by atoms with Crippen LogP contribution in [0.4, 0.5) is 0 Å². The zero-order valence-electron chi connectivity index (χ0n) is 8.05. The molecule has 13 heavy (non-hydrogen) atoms. The summed E-state index contributed by atoms with van der Waals surface area (Å²) >= 11 is 0. The average Bonchev–Trinajstić information content (AvgIpc) is 2.07. The smallest absolute Gasteiger partial charge is 0.317 e. The van der Waals surface area contributed by atoms with Gasteiger partial charge in [0.1, 0.15) is 5.41 Å². The van der Waals surface area contributed by atoms with Gasteiger partial charge < -0.3 is 5.11 Å². The molecule has 0 aliphatic rings. The molecule has 0 aliphatic heterocycles. The zero-order chi connectivity index (χ0) is 9.61. The van der Waals surface area contributed by atoms with Gasteiger partial charge in [0.2, 0.25) is 0 Å².